The van der Waals surface area contributed by atoms with Crippen molar-refractivity contribution in [3.8, 4) is 0 Å². The van der Waals surface area contributed by atoms with Crippen LogP contribution in [0, 0.1) is 6.92 Å². The van der Waals surface area contributed by atoms with Crippen LogP contribution in [0.1, 0.15) is 21.5 Å². The lowest BCUT2D eigenvalue weighted by Gasteiger charge is -2.07. The zero-order valence-electron chi connectivity index (χ0n) is 9.81. The fourth-order valence-corrected chi connectivity index (χ4v) is 2.64. The van der Waals surface area contributed by atoms with Crippen LogP contribution in [-0.2, 0) is 0 Å². The topological polar surface area (TPSA) is 17.1 Å². The summed E-state index contributed by atoms with van der Waals surface area (Å²) in [5.41, 5.74) is 1.54. The fraction of sp³-hybridized carbons (Fsp3) is 0.0714. The normalized spacial score (nSPS) is 10.6. The molecule has 0 aliphatic carbocycles. The second kappa shape index (κ2) is 5.72. The molecule has 0 saturated heterocycles. The zero-order chi connectivity index (χ0) is 14.2. The first-order valence-electron chi connectivity index (χ1n) is 5.35. The van der Waals surface area contributed by atoms with Gasteiger partial charge in [0.1, 0.15) is 0 Å². The smallest absolute Gasteiger partial charge is 0.193 e. The van der Waals surface area contributed by atoms with Crippen molar-refractivity contribution in [3.63, 3.8) is 0 Å². The van der Waals surface area contributed by atoms with E-state index in [-0.39, 0.29) is 5.78 Å². The van der Waals surface area contributed by atoms with E-state index in [9.17, 15) is 4.79 Å². The molecule has 0 unspecified atom stereocenters. The highest BCUT2D eigenvalue weighted by Gasteiger charge is 2.14. The number of hydrogen-bond donors (Lipinski definition) is 0. The maximum absolute atomic E-state index is 12.3. The molecule has 0 aliphatic rings. The van der Waals surface area contributed by atoms with Crippen molar-refractivity contribution in [2.75, 3.05) is 0 Å². The molecule has 2 rings (SSSR count). The third-order valence-corrected chi connectivity index (χ3v) is 3.89. The summed E-state index contributed by atoms with van der Waals surface area (Å²) in [4.78, 5) is 12.3. The highest BCUT2D eigenvalue weighted by molar-refractivity contribution is 6.37. The van der Waals surface area contributed by atoms with E-state index in [2.05, 4.69) is 0 Å². The van der Waals surface area contributed by atoms with Crippen LogP contribution in [0.25, 0.3) is 0 Å². The first kappa shape index (κ1) is 14.7. The minimum Gasteiger partial charge on any atom is -0.289 e. The lowest BCUT2D eigenvalue weighted by molar-refractivity contribution is 0.103. The Morgan fingerprint density at radius 1 is 0.789 bits per heavy atom. The molecule has 0 atom stereocenters. The summed E-state index contributed by atoms with van der Waals surface area (Å²) in [5, 5.41) is 1.70. The van der Waals surface area contributed by atoms with Crippen LogP contribution < -0.4 is 0 Å². The Morgan fingerprint density at radius 3 is 1.68 bits per heavy atom. The van der Waals surface area contributed by atoms with Gasteiger partial charge < -0.3 is 0 Å². The fourth-order valence-electron chi connectivity index (χ4n) is 1.63. The SMILES string of the molecule is Cc1c(Cl)cc(C(=O)c2cc(Cl)cc(Cl)c2)cc1Cl. The Hall–Kier alpha value is -0.730. The summed E-state index contributed by atoms with van der Waals surface area (Å²) >= 11 is 23.8. The third-order valence-electron chi connectivity index (χ3n) is 2.67. The Balaban J connectivity index is 2.50. The third kappa shape index (κ3) is 3.24. The van der Waals surface area contributed by atoms with Crippen molar-refractivity contribution in [1.82, 2.24) is 0 Å². The maximum Gasteiger partial charge on any atom is 0.193 e. The highest BCUT2D eigenvalue weighted by Crippen LogP contribution is 2.28. The number of hydrogen-bond acceptors (Lipinski definition) is 1. The van der Waals surface area contributed by atoms with Gasteiger partial charge in [0, 0.05) is 31.2 Å². The van der Waals surface area contributed by atoms with Gasteiger partial charge in [0.05, 0.1) is 0 Å². The molecule has 0 heterocycles. The Kier molecular flexibility index (Phi) is 4.42. The monoisotopic (exact) mass is 332 g/mol. The predicted molar refractivity (Wildman–Crippen MR) is 81.1 cm³/mol. The molecule has 5 heteroatoms. The molecular weight excluding hydrogens is 326 g/mol. The number of halogens is 4. The van der Waals surface area contributed by atoms with Crippen molar-refractivity contribution < 1.29 is 4.79 Å². The molecular formula is C14H8Cl4O. The van der Waals surface area contributed by atoms with Gasteiger partial charge in [-0.2, -0.15) is 0 Å². The maximum atomic E-state index is 12.3. The van der Waals surface area contributed by atoms with Crippen molar-refractivity contribution in [1.29, 1.82) is 0 Å². The first-order valence-corrected chi connectivity index (χ1v) is 6.86. The van der Waals surface area contributed by atoms with E-state index in [0.717, 1.165) is 5.56 Å². The summed E-state index contributed by atoms with van der Waals surface area (Å²) in [6.07, 6.45) is 0. The number of benzene rings is 2. The van der Waals surface area contributed by atoms with Gasteiger partial charge in [0.25, 0.3) is 0 Å². The van der Waals surface area contributed by atoms with E-state index < -0.39 is 0 Å². The molecule has 0 bridgehead atoms. The molecule has 0 aliphatic heterocycles. The van der Waals surface area contributed by atoms with Crippen LogP contribution in [0.2, 0.25) is 20.1 Å². The van der Waals surface area contributed by atoms with E-state index in [1.807, 2.05) is 0 Å². The summed E-state index contributed by atoms with van der Waals surface area (Å²) < 4.78 is 0. The summed E-state index contributed by atoms with van der Waals surface area (Å²) in [5.74, 6) is -0.229. The van der Waals surface area contributed by atoms with Crippen molar-refractivity contribution in [2.45, 2.75) is 6.92 Å². The Bertz CT molecular complexity index is 621. The molecule has 2 aromatic carbocycles. The number of carbonyl (C=O) groups is 1. The van der Waals surface area contributed by atoms with Gasteiger partial charge >= 0.3 is 0 Å². The Morgan fingerprint density at radius 2 is 1.21 bits per heavy atom. The molecule has 0 aromatic heterocycles. The van der Waals surface area contributed by atoms with Gasteiger partial charge in [0.2, 0.25) is 0 Å². The van der Waals surface area contributed by atoms with Gasteiger partial charge in [0.15, 0.2) is 5.78 Å². The zero-order valence-corrected chi connectivity index (χ0v) is 12.8. The second-order valence-corrected chi connectivity index (χ2v) is 5.74. The Labute approximate surface area is 131 Å². The molecule has 1 nitrogen and oxygen atoms in total. The minimum absolute atomic E-state index is 0.229. The van der Waals surface area contributed by atoms with E-state index >= 15 is 0 Å². The van der Waals surface area contributed by atoms with Crippen LogP contribution in [0.5, 0.6) is 0 Å². The predicted octanol–water partition coefficient (Wildman–Crippen LogP) is 5.84. The van der Waals surface area contributed by atoms with Crippen LogP contribution in [-0.4, -0.2) is 5.78 Å². The molecule has 0 radical (unpaired) electrons. The molecule has 19 heavy (non-hydrogen) atoms. The summed E-state index contributed by atoms with van der Waals surface area (Å²) in [6, 6.07) is 7.84. The summed E-state index contributed by atoms with van der Waals surface area (Å²) in [6.45, 7) is 1.79. The minimum atomic E-state index is -0.229. The van der Waals surface area contributed by atoms with Gasteiger partial charge in [-0.3, -0.25) is 4.79 Å². The second-order valence-electron chi connectivity index (χ2n) is 4.05. The van der Waals surface area contributed by atoms with Crippen molar-refractivity contribution in [3.05, 3.63) is 67.1 Å². The lowest BCUT2D eigenvalue weighted by atomic mass is 10.0. The average molecular weight is 334 g/mol. The van der Waals surface area contributed by atoms with Crippen LogP contribution in [0.4, 0.5) is 0 Å². The largest absolute Gasteiger partial charge is 0.289 e. The first-order chi connectivity index (χ1) is 8.88. The summed E-state index contributed by atoms with van der Waals surface area (Å²) in [7, 11) is 0. The van der Waals surface area contributed by atoms with Gasteiger partial charge in [-0.25, -0.2) is 0 Å². The molecule has 0 amide bonds. The van der Waals surface area contributed by atoms with Crippen molar-refractivity contribution in [2.24, 2.45) is 0 Å². The van der Waals surface area contributed by atoms with E-state index in [0.29, 0.717) is 31.2 Å². The molecule has 0 N–H and O–H groups in total. The highest BCUT2D eigenvalue weighted by atomic mass is 35.5. The molecule has 0 saturated carbocycles. The molecule has 98 valence electrons. The van der Waals surface area contributed by atoms with Crippen molar-refractivity contribution >= 4 is 52.2 Å². The lowest BCUT2D eigenvalue weighted by Crippen LogP contribution is -2.02. The number of carbonyl (C=O) groups excluding carboxylic acids is 1. The van der Waals surface area contributed by atoms with Gasteiger partial charge in [-0.15, -0.1) is 0 Å². The van der Waals surface area contributed by atoms with Crippen LogP contribution in [0.3, 0.4) is 0 Å². The van der Waals surface area contributed by atoms with E-state index in [4.69, 9.17) is 46.4 Å². The molecule has 0 spiro atoms. The van der Waals surface area contributed by atoms with Crippen LogP contribution >= 0.6 is 46.4 Å². The van der Waals surface area contributed by atoms with Gasteiger partial charge in [-0.05, 0) is 42.8 Å². The van der Waals surface area contributed by atoms with Crippen LogP contribution in [0.15, 0.2) is 30.3 Å². The van der Waals surface area contributed by atoms with Gasteiger partial charge in [-0.1, -0.05) is 46.4 Å². The average Bonchev–Trinajstić information content (AvgIpc) is 2.33. The standard InChI is InChI=1S/C14H8Cl4O/c1-7-12(17)4-9(5-13(7)18)14(19)8-2-10(15)6-11(16)3-8/h2-6H,1H3. The van der Waals surface area contributed by atoms with E-state index in [1.54, 1.807) is 37.3 Å². The van der Waals surface area contributed by atoms with E-state index in [1.165, 1.54) is 0 Å². The quantitative estimate of drug-likeness (QED) is 0.631. The molecule has 0 fully saturated rings. The number of rotatable bonds is 2. The number of ketones is 1. The molecule has 2 aromatic rings.